The van der Waals surface area contributed by atoms with Crippen molar-refractivity contribution in [2.75, 3.05) is 5.32 Å². The number of primary sulfonamides is 1. The molecule has 0 radical (unpaired) electrons. The van der Waals surface area contributed by atoms with E-state index in [4.69, 9.17) is 16.7 Å². The molecule has 0 bridgehead atoms. The Hall–Kier alpha value is -1.11. The molecule has 0 atom stereocenters. The molecule has 5 nitrogen and oxygen atoms in total. The normalized spacial score (nSPS) is 12.3. The lowest BCUT2D eigenvalue weighted by atomic mass is 9.89. The number of nitrogens with two attached hydrogens (primary N) is 1. The molecule has 0 saturated carbocycles. The molecule has 0 aromatic heterocycles. The molecule has 1 aromatic rings. The van der Waals surface area contributed by atoms with Gasteiger partial charge in [0, 0.05) is 5.41 Å². The first-order chi connectivity index (χ1) is 8.58. The van der Waals surface area contributed by atoms with Crippen molar-refractivity contribution in [1.82, 2.24) is 0 Å². The topological polar surface area (TPSA) is 89.3 Å². The minimum atomic E-state index is -3.80. The molecule has 0 aliphatic rings. The largest absolute Gasteiger partial charge is 0.324 e. The third-order valence-electron chi connectivity index (χ3n) is 3.02. The van der Waals surface area contributed by atoms with Crippen molar-refractivity contribution >= 4 is 33.2 Å². The maximum absolute atomic E-state index is 12.0. The summed E-state index contributed by atoms with van der Waals surface area (Å²) in [5, 5.41) is 7.80. The van der Waals surface area contributed by atoms with E-state index in [1.807, 2.05) is 20.8 Å². The molecule has 19 heavy (non-hydrogen) atoms. The van der Waals surface area contributed by atoms with Crippen LogP contribution in [-0.4, -0.2) is 14.3 Å². The average molecular weight is 305 g/mol. The molecule has 0 aliphatic carbocycles. The number of carbonyl (C=O) groups is 1. The fraction of sp³-hybridized carbons (Fsp3) is 0.417. The molecular formula is C12H17ClN2O3S. The standard InChI is InChI=1S/C12H17ClN2O3S/c1-4-12(2,3)11(16)15-10-6-5-8(7-9(10)13)19(14,17)18/h5-7H,4H2,1-3H3,(H,15,16)(H2,14,17,18). The predicted molar refractivity (Wildman–Crippen MR) is 75.5 cm³/mol. The van der Waals surface area contributed by atoms with Gasteiger partial charge in [-0.15, -0.1) is 0 Å². The molecule has 0 aliphatic heterocycles. The SMILES string of the molecule is CCC(C)(C)C(=O)Nc1ccc(S(N)(=O)=O)cc1Cl. The van der Waals surface area contributed by atoms with E-state index < -0.39 is 15.4 Å². The van der Waals surface area contributed by atoms with E-state index >= 15 is 0 Å². The number of nitrogens with one attached hydrogen (secondary N) is 1. The molecule has 0 saturated heterocycles. The zero-order valence-electron chi connectivity index (χ0n) is 11.0. The van der Waals surface area contributed by atoms with E-state index in [0.29, 0.717) is 12.1 Å². The maximum atomic E-state index is 12.0. The van der Waals surface area contributed by atoms with E-state index in [9.17, 15) is 13.2 Å². The van der Waals surface area contributed by atoms with Gasteiger partial charge in [0.1, 0.15) is 0 Å². The van der Waals surface area contributed by atoms with E-state index in [-0.39, 0.29) is 15.8 Å². The lowest BCUT2D eigenvalue weighted by Gasteiger charge is -2.21. The van der Waals surface area contributed by atoms with E-state index in [2.05, 4.69) is 5.32 Å². The van der Waals surface area contributed by atoms with Gasteiger partial charge in [-0.25, -0.2) is 13.6 Å². The van der Waals surface area contributed by atoms with Crippen LogP contribution in [0.2, 0.25) is 5.02 Å². The van der Waals surface area contributed by atoms with Crippen LogP contribution in [0, 0.1) is 5.41 Å². The Balaban J connectivity index is 3.03. The molecule has 1 rings (SSSR count). The second-order valence-electron chi connectivity index (χ2n) is 4.88. The van der Waals surface area contributed by atoms with E-state index in [0.717, 1.165) is 0 Å². The van der Waals surface area contributed by atoms with Crippen molar-refractivity contribution in [3.8, 4) is 0 Å². The van der Waals surface area contributed by atoms with Crippen molar-refractivity contribution < 1.29 is 13.2 Å². The number of halogens is 1. The van der Waals surface area contributed by atoms with Crippen LogP contribution < -0.4 is 10.5 Å². The molecule has 3 N–H and O–H groups in total. The lowest BCUT2D eigenvalue weighted by molar-refractivity contribution is -0.124. The van der Waals surface area contributed by atoms with Gasteiger partial charge < -0.3 is 5.32 Å². The number of hydrogen-bond acceptors (Lipinski definition) is 3. The third-order valence-corrected chi connectivity index (χ3v) is 4.24. The number of amides is 1. The van der Waals surface area contributed by atoms with Crippen LogP contribution >= 0.6 is 11.6 Å². The molecule has 0 fully saturated rings. The number of sulfonamides is 1. The second-order valence-corrected chi connectivity index (χ2v) is 6.85. The minimum absolute atomic E-state index is 0.0924. The second kappa shape index (κ2) is 5.48. The first-order valence-electron chi connectivity index (χ1n) is 5.71. The van der Waals surface area contributed by atoms with Gasteiger partial charge in [0.2, 0.25) is 15.9 Å². The Morgan fingerprint density at radius 1 is 1.42 bits per heavy atom. The Morgan fingerprint density at radius 3 is 2.42 bits per heavy atom. The highest BCUT2D eigenvalue weighted by Crippen LogP contribution is 2.28. The number of carbonyl (C=O) groups excluding carboxylic acids is 1. The molecule has 7 heteroatoms. The van der Waals surface area contributed by atoms with Crippen molar-refractivity contribution in [2.24, 2.45) is 10.6 Å². The Morgan fingerprint density at radius 2 is 2.00 bits per heavy atom. The third kappa shape index (κ3) is 3.92. The molecule has 0 heterocycles. The highest BCUT2D eigenvalue weighted by atomic mass is 35.5. The predicted octanol–water partition coefficient (Wildman–Crippen LogP) is 2.36. The maximum Gasteiger partial charge on any atom is 0.238 e. The monoisotopic (exact) mass is 304 g/mol. The van der Waals surface area contributed by atoms with Crippen LogP contribution in [0.4, 0.5) is 5.69 Å². The fourth-order valence-corrected chi connectivity index (χ4v) is 2.06. The Bertz CT molecular complexity index is 597. The first-order valence-corrected chi connectivity index (χ1v) is 7.64. The summed E-state index contributed by atoms with van der Waals surface area (Å²) in [5.74, 6) is -0.180. The summed E-state index contributed by atoms with van der Waals surface area (Å²) in [7, 11) is -3.80. The van der Waals surface area contributed by atoms with Gasteiger partial charge in [-0.1, -0.05) is 32.4 Å². The summed E-state index contributed by atoms with van der Waals surface area (Å²) in [6.45, 7) is 5.54. The smallest absolute Gasteiger partial charge is 0.238 e. The summed E-state index contributed by atoms with van der Waals surface area (Å²) >= 11 is 5.94. The zero-order chi connectivity index (χ0) is 14.8. The molecular weight excluding hydrogens is 288 g/mol. The van der Waals surface area contributed by atoms with Crippen LogP contribution in [0.25, 0.3) is 0 Å². The van der Waals surface area contributed by atoms with Gasteiger partial charge in [-0.05, 0) is 24.6 Å². The van der Waals surface area contributed by atoms with Crippen LogP contribution in [0.1, 0.15) is 27.2 Å². The molecule has 1 aromatic carbocycles. The van der Waals surface area contributed by atoms with Crippen LogP contribution in [0.3, 0.4) is 0 Å². The van der Waals surface area contributed by atoms with Gasteiger partial charge in [0.05, 0.1) is 15.6 Å². The summed E-state index contributed by atoms with van der Waals surface area (Å²) in [6.07, 6.45) is 0.672. The summed E-state index contributed by atoms with van der Waals surface area (Å²) in [6, 6.07) is 3.94. The highest BCUT2D eigenvalue weighted by molar-refractivity contribution is 7.89. The van der Waals surface area contributed by atoms with Gasteiger partial charge in [0.15, 0.2) is 0 Å². The minimum Gasteiger partial charge on any atom is -0.324 e. The number of rotatable bonds is 4. The van der Waals surface area contributed by atoms with Crippen LogP contribution in [0.5, 0.6) is 0 Å². The van der Waals surface area contributed by atoms with Gasteiger partial charge in [-0.3, -0.25) is 4.79 Å². The number of hydrogen-bond donors (Lipinski definition) is 2. The van der Waals surface area contributed by atoms with Crippen LogP contribution in [-0.2, 0) is 14.8 Å². The van der Waals surface area contributed by atoms with Crippen molar-refractivity contribution in [3.05, 3.63) is 23.2 Å². The number of benzene rings is 1. The summed E-state index contributed by atoms with van der Waals surface area (Å²) in [5.41, 5.74) is -0.164. The van der Waals surface area contributed by atoms with Crippen molar-refractivity contribution in [1.29, 1.82) is 0 Å². The molecule has 0 spiro atoms. The summed E-state index contributed by atoms with van der Waals surface area (Å²) < 4.78 is 22.3. The molecule has 0 unspecified atom stereocenters. The summed E-state index contributed by atoms with van der Waals surface area (Å²) in [4.78, 5) is 11.9. The quantitative estimate of drug-likeness (QED) is 0.895. The van der Waals surface area contributed by atoms with E-state index in [1.54, 1.807) is 0 Å². The van der Waals surface area contributed by atoms with Crippen molar-refractivity contribution in [3.63, 3.8) is 0 Å². The van der Waals surface area contributed by atoms with Gasteiger partial charge in [-0.2, -0.15) is 0 Å². The first kappa shape index (κ1) is 15.9. The van der Waals surface area contributed by atoms with Gasteiger partial charge in [0.25, 0.3) is 0 Å². The van der Waals surface area contributed by atoms with Gasteiger partial charge >= 0.3 is 0 Å². The number of anilines is 1. The van der Waals surface area contributed by atoms with Crippen molar-refractivity contribution in [2.45, 2.75) is 32.1 Å². The van der Waals surface area contributed by atoms with Crippen LogP contribution in [0.15, 0.2) is 23.1 Å². The zero-order valence-corrected chi connectivity index (χ0v) is 12.6. The van der Waals surface area contributed by atoms with E-state index in [1.165, 1.54) is 18.2 Å². The average Bonchev–Trinajstić information content (AvgIpc) is 2.30. The molecule has 1 amide bonds. The highest BCUT2D eigenvalue weighted by Gasteiger charge is 2.25. The Labute approximate surface area is 118 Å². The fourth-order valence-electron chi connectivity index (χ4n) is 1.23. The lowest BCUT2D eigenvalue weighted by Crippen LogP contribution is -2.30. The molecule has 106 valence electrons. The Kier molecular flexibility index (Phi) is 4.60.